The molecule has 0 amide bonds. The van der Waals surface area contributed by atoms with Gasteiger partial charge in [-0.15, -0.1) is 0 Å². The summed E-state index contributed by atoms with van der Waals surface area (Å²) in [4.78, 5) is 24.2. The highest BCUT2D eigenvalue weighted by molar-refractivity contribution is 9.11. The second kappa shape index (κ2) is 8.87. The Labute approximate surface area is 146 Å². The average Bonchev–Trinajstić information content (AvgIpc) is 2.42. The summed E-state index contributed by atoms with van der Waals surface area (Å²) in [5.74, 6) is -1.46. The number of carbonyl (C=O) groups is 2. The zero-order valence-electron chi connectivity index (χ0n) is 13.8. The Morgan fingerprint density at radius 3 is 2.30 bits per heavy atom. The van der Waals surface area contributed by atoms with Crippen LogP contribution in [0.5, 0.6) is 0 Å². The van der Waals surface area contributed by atoms with Crippen molar-refractivity contribution >= 4 is 27.9 Å². The van der Waals surface area contributed by atoms with Crippen LogP contribution in [0.3, 0.4) is 0 Å². The molecule has 0 aliphatic rings. The number of hydrogen-bond donors (Lipinski definition) is 0. The van der Waals surface area contributed by atoms with Gasteiger partial charge in [-0.25, -0.2) is 0 Å². The number of rotatable bonds is 7. The number of benzene rings is 1. The van der Waals surface area contributed by atoms with Crippen LogP contribution in [0.25, 0.3) is 0 Å². The van der Waals surface area contributed by atoms with E-state index in [0.717, 1.165) is 5.56 Å². The van der Waals surface area contributed by atoms with Crippen LogP contribution in [0, 0.1) is 5.92 Å². The van der Waals surface area contributed by atoms with Crippen molar-refractivity contribution in [3.05, 3.63) is 47.0 Å². The highest BCUT2D eigenvalue weighted by Crippen LogP contribution is 2.22. The first-order valence-electron chi connectivity index (χ1n) is 7.43. The molecule has 1 aromatic rings. The number of esters is 2. The number of halogens is 1. The molecule has 0 unspecified atom stereocenters. The Hall–Kier alpha value is -1.62. The quantitative estimate of drug-likeness (QED) is 0.656. The van der Waals surface area contributed by atoms with Crippen molar-refractivity contribution in [2.24, 2.45) is 5.92 Å². The third-order valence-corrected chi connectivity index (χ3v) is 3.18. The van der Waals surface area contributed by atoms with Gasteiger partial charge in [-0.1, -0.05) is 52.8 Å². The fraction of sp³-hybridized carbons (Fsp3) is 0.444. The SMILES string of the molecule is C=C(Br)C[C@@H](CC(=O)OC(C)(C)C)C(=O)OCc1ccccc1. The lowest BCUT2D eigenvalue weighted by Gasteiger charge is -2.21. The first-order valence-corrected chi connectivity index (χ1v) is 8.22. The van der Waals surface area contributed by atoms with Crippen LogP contribution < -0.4 is 0 Å². The molecule has 0 saturated heterocycles. The van der Waals surface area contributed by atoms with E-state index in [1.165, 1.54) is 0 Å². The van der Waals surface area contributed by atoms with E-state index >= 15 is 0 Å². The fourth-order valence-electron chi connectivity index (χ4n) is 1.94. The first kappa shape index (κ1) is 19.4. The summed E-state index contributed by atoms with van der Waals surface area (Å²) in [5.41, 5.74) is 0.315. The maximum absolute atomic E-state index is 12.3. The molecule has 0 fully saturated rings. The number of allylic oxidation sites excluding steroid dienone is 1. The van der Waals surface area contributed by atoms with E-state index in [2.05, 4.69) is 22.5 Å². The van der Waals surface area contributed by atoms with Crippen molar-refractivity contribution in [2.45, 2.75) is 45.8 Å². The summed E-state index contributed by atoms with van der Waals surface area (Å²) < 4.78 is 11.2. The van der Waals surface area contributed by atoms with Gasteiger partial charge < -0.3 is 9.47 Å². The van der Waals surface area contributed by atoms with Gasteiger partial charge in [0.25, 0.3) is 0 Å². The van der Waals surface area contributed by atoms with Gasteiger partial charge in [0.05, 0.1) is 12.3 Å². The molecule has 0 radical (unpaired) electrons. The molecular formula is C18H23BrO4. The predicted molar refractivity (Wildman–Crippen MR) is 92.9 cm³/mol. The molecule has 23 heavy (non-hydrogen) atoms. The minimum Gasteiger partial charge on any atom is -0.461 e. The summed E-state index contributed by atoms with van der Waals surface area (Å²) >= 11 is 3.24. The molecule has 0 aliphatic heterocycles. The molecule has 0 bridgehead atoms. The molecule has 0 aliphatic carbocycles. The highest BCUT2D eigenvalue weighted by Gasteiger charge is 2.27. The largest absolute Gasteiger partial charge is 0.461 e. The molecule has 0 heterocycles. The van der Waals surface area contributed by atoms with Crippen molar-refractivity contribution in [3.8, 4) is 0 Å². The number of ether oxygens (including phenoxy) is 2. The van der Waals surface area contributed by atoms with Gasteiger partial charge in [0.2, 0.25) is 0 Å². The third kappa shape index (κ3) is 8.55. The second-order valence-corrected chi connectivity index (χ2v) is 7.42. The van der Waals surface area contributed by atoms with Crippen molar-refractivity contribution in [3.63, 3.8) is 0 Å². The first-order chi connectivity index (χ1) is 10.7. The summed E-state index contributed by atoms with van der Waals surface area (Å²) in [6.07, 6.45) is 0.294. The van der Waals surface area contributed by atoms with Crippen LogP contribution >= 0.6 is 15.9 Å². The Kier molecular flexibility index (Phi) is 7.49. The van der Waals surface area contributed by atoms with Crippen LogP contribution in [0.1, 0.15) is 39.2 Å². The van der Waals surface area contributed by atoms with Gasteiger partial charge in [0.15, 0.2) is 0 Å². The van der Waals surface area contributed by atoms with E-state index < -0.39 is 23.5 Å². The number of hydrogen-bond acceptors (Lipinski definition) is 4. The lowest BCUT2D eigenvalue weighted by Crippen LogP contribution is -2.28. The number of carbonyl (C=O) groups excluding carboxylic acids is 2. The standard InChI is InChI=1S/C18H23BrO4/c1-13(19)10-15(11-16(20)23-18(2,3)4)17(21)22-12-14-8-6-5-7-9-14/h5-9,15H,1,10-12H2,2-4H3/t15-/m0/s1. The van der Waals surface area contributed by atoms with Crippen LogP contribution in [-0.4, -0.2) is 17.5 Å². The summed E-state index contributed by atoms with van der Waals surface area (Å²) in [6.45, 7) is 9.28. The molecular weight excluding hydrogens is 360 g/mol. The third-order valence-electron chi connectivity index (χ3n) is 2.86. The zero-order valence-corrected chi connectivity index (χ0v) is 15.4. The van der Waals surface area contributed by atoms with E-state index in [0.29, 0.717) is 10.9 Å². The van der Waals surface area contributed by atoms with Crippen molar-refractivity contribution in [1.29, 1.82) is 0 Å². The Bertz CT molecular complexity index is 546. The molecule has 0 spiro atoms. The molecule has 0 saturated carbocycles. The average molecular weight is 383 g/mol. The minimum atomic E-state index is -0.611. The molecule has 1 rings (SSSR count). The van der Waals surface area contributed by atoms with Crippen molar-refractivity contribution in [1.82, 2.24) is 0 Å². The molecule has 0 aromatic heterocycles. The lowest BCUT2D eigenvalue weighted by atomic mass is 10.0. The smallest absolute Gasteiger partial charge is 0.310 e. The molecule has 0 N–H and O–H groups in total. The molecule has 4 nitrogen and oxygen atoms in total. The lowest BCUT2D eigenvalue weighted by molar-refractivity contribution is -0.162. The van der Waals surface area contributed by atoms with Gasteiger partial charge in [-0.3, -0.25) is 9.59 Å². The van der Waals surface area contributed by atoms with Gasteiger partial charge in [0.1, 0.15) is 12.2 Å². The van der Waals surface area contributed by atoms with Gasteiger partial charge in [-0.05, 0) is 37.2 Å². The van der Waals surface area contributed by atoms with Crippen molar-refractivity contribution in [2.75, 3.05) is 0 Å². The second-order valence-electron chi connectivity index (χ2n) is 6.30. The van der Waals surface area contributed by atoms with Crippen LogP contribution in [0.2, 0.25) is 0 Å². The fourth-order valence-corrected chi connectivity index (χ4v) is 2.33. The van der Waals surface area contributed by atoms with Gasteiger partial charge >= 0.3 is 11.9 Å². The molecule has 1 aromatic carbocycles. The summed E-state index contributed by atoms with van der Waals surface area (Å²) in [7, 11) is 0. The maximum Gasteiger partial charge on any atom is 0.310 e. The van der Waals surface area contributed by atoms with Gasteiger partial charge in [-0.2, -0.15) is 0 Å². The summed E-state index contributed by atoms with van der Waals surface area (Å²) in [6, 6.07) is 9.40. The maximum atomic E-state index is 12.3. The molecule has 5 heteroatoms. The van der Waals surface area contributed by atoms with E-state index in [1.807, 2.05) is 30.3 Å². The van der Waals surface area contributed by atoms with E-state index in [1.54, 1.807) is 20.8 Å². The Morgan fingerprint density at radius 2 is 1.78 bits per heavy atom. The molecule has 1 atom stereocenters. The normalized spacial score (nSPS) is 12.3. The van der Waals surface area contributed by atoms with E-state index in [9.17, 15) is 9.59 Å². The van der Waals surface area contributed by atoms with Crippen LogP contribution in [0.4, 0.5) is 0 Å². The topological polar surface area (TPSA) is 52.6 Å². The van der Waals surface area contributed by atoms with Crippen LogP contribution in [0.15, 0.2) is 41.4 Å². The predicted octanol–water partition coefficient (Wildman–Crippen LogP) is 4.38. The van der Waals surface area contributed by atoms with Crippen molar-refractivity contribution < 1.29 is 19.1 Å². The minimum absolute atomic E-state index is 0.0322. The summed E-state index contributed by atoms with van der Waals surface area (Å²) in [5, 5.41) is 0. The Balaban J connectivity index is 2.63. The van der Waals surface area contributed by atoms with E-state index in [4.69, 9.17) is 9.47 Å². The highest BCUT2D eigenvalue weighted by atomic mass is 79.9. The zero-order chi connectivity index (χ0) is 17.5. The van der Waals surface area contributed by atoms with Gasteiger partial charge in [0, 0.05) is 0 Å². The monoisotopic (exact) mass is 382 g/mol. The molecule has 126 valence electrons. The Morgan fingerprint density at radius 1 is 1.17 bits per heavy atom. The van der Waals surface area contributed by atoms with Crippen LogP contribution in [-0.2, 0) is 25.7 Å². The van der Waals surface area contributed by atoms with E-state index in [-0.39, 0.29) is 13.0 Å².